The first-order chi connectivity index (χ1) is 7.16. The molecule has 0 bridgehead atoms. The summed E-state index contributed by atoms with van der Waals surface area (Å²) in [5.74, 6) is 0.489. The van der Waals surface area contributed by atoms with Gasteiger partial charge >= 0.3 is 0 Å². The Morgan fingerprint density at radius 3 is 2.87 bits per heavy atom. The smallest absolute Gasteiger partial charge is 0.198 e. The summed E-state index contributed by atoms with van der Waals surface area (Å²) in [6, 6.07) is 0. The molecular weight excluding hydrogens is 190 g/mol. The molecule has 2 rings (SSSR count). The fourth-order valence-electron chi connectivity index (χ4n) is 2.13. The van der Waals surface area contributed by atoms with Crippen LogP contribution in [0.1, 0.15) is 24.0 Å². The molecule has 3 nitrogen and oxygen atoms in total. The Kier molecular flexibility index (Phi) is 2.31. The van der Waals surface area contributed by atoms with Crippen molar-refractivity contribution in [2.75, 3.05) is 0 Å². The van der Waals surface area contributed by atoms with E-state index < -0.39 is 0 Å². The van der Waals surface area contributed by atoms with Crippen LogP contribution in [-0.2, 0) is 13.0 Å². The lowest BCUT2D eigenvalue weighted by Crippen LogP contribution is -1.98. The van der Waals surface area contributed by atoms with Crippen LogP contribution in [0.15, 0.2) is 24.8 Å². The lowest BCUT2D eigenvalue weighted by molar-refractivity contribution is 0.375. The number of allylic oxidation sites excluding steroid dienone is 3. The van der Waals surface area contributed by atoms with Crippen LogP contribution in [0, 0.1) is 0 Å². The van der Waals surface area contributed by atoms with E-state index in [1.807, 2.05) is 19.1 Å². The monoisotopic (exact) mass is 205 g/mol. The summed E-state index contributed by atoms with van der Waals surface area (Å²) in [5.41, 5.74) is 1.68. The molecule has 1 unspecified atom stereocenters. The van der Waals surface area contributed by atoms with Crippen molar-refractivity contribution in [1.29, 1.82) is 0 Å². The van der Waals surface area contributed by atoms with E-state index in [-0.39, 0.29) is 17.7 Å². The second kappa shape index (κ2) is 3.50. The Morgan fingerprint density at radius 2 is 2.27 bits per heavy atom. The first-order valence-electron chi connectivity index (χ1n) is 5.07. The van der Waals surface area contributed by atoms with E-state index in [0.717, 1.165) is 11.1 Å². The zero-order valence-electron chi connectivity index (χ0n) is 8.77. The van der Waals surface area contributed by atoms with Gasteiger partial charge in [0.15, 0.2) is 11.8 Å². The SMILES string of the molecule is C=CCn1c(O)c2c(c1O)C(C)C=CC2. The van der Waals surface area contributed by atoms with Gasteiger partial charge in [0.05, 0.1) is 0 Å². The van der Waals surface area contributed by atoms with Crippen molar-refractivity contribution in [3.8, 4) is 11.8 Å². The Balaban J connectivity index is 2.58. The zero-order valence-corrected chi connectivity index (χ0v) is 8.77. The van der Waals surface area contributed by atoms with Gasteiger partial charge in [0.2, 0.25) is 0 Å². The fraction of sp³-hybridized carbons (Fsp3) is 0.333. The van der Waals surface area contributed by atoms with Crippen molar-refractivity contribution < 1.29 is 10.2 Å². The highest BCUT2D eigenvalue weighted by atomic mass is 16.3. The van der Waals surface area contributed by atoms with Crippen LogP contribution in [0.25, 0.3) is 0 Å². The summed E-state index contributed by atoms with van der Waals surface area (Å²) < 4.78 is 1.49. The molecule has 0 fully saturated rings. The number of fused-ring (bicyclic) bond motifs is 1. The fourth-order valence-corrected chi connectivity index (χ4v) is 2.13. The van der Waals surface area contributed by atoms with E-state index in [9.17, 15) is 10.2 Å². The molecule has 1 heterocycles. The third-order valence-corrected chi connectivity index (χ3v) is 2.86. The Morgan fingerprint density at radius 1 is 1.53 bits per heavy atom. The standard InChI is InChI=1S/C12H15NO2/c1-3-7-13-11(14)9-6-4-5-8(2)10(9)12(13)15/h3-5,8,14-15H,1,6-7H2,2H3. The van der Waals surface area contributed by atoms with Crippen molar-refractivity contribution in [2.45, 2.75) is 25.8 Å². The second-order valence-corrected chi connectivity index (χ2v) is 3.86. The molecule has 80 valence electrons. The van der Waals surface area contributed by atoms with Gasteiger partial charge in [-0.05, 0) is 6.42 Å². The van der Waals surface area contributed by atoms with Crippen molar-refractivity contribution in [1.82, 2.24) is 4.57 Å². The number of nitrogens with zero attached hydrogens (tertiary/aromatic N) is 1. The lowest BCUT2D eigenvalue weighted by Gasteiger charge is -2.12. The Labute approximate surface area is 89.0 Å². The number of hydrogen-bond donors (Lipinski definition) is 2. The van der Waals surface area contributed by atoms with Gasteiger partial charge in [0, 0.05) is 23.6 Å². The summed E-state index contributed by atoms with van der Waals surface area (Å²) >= 11 is 0. The average Bonchev–Trinajstić information content (AvgIpc) is 2.45. The number of aromatic hydroxyl groups is 2. The molecule has 0 aromatic carbocycles. The Bertz CT molecular complexity index is 429. The molecule has 1 aliphatic carbocycles. The predicted octanol–water partition coefficient (Wildman–Crippen LogP) is 2.30. The quantitative estimate of drug-likeness (QED) is 0.728. The topological polar surface area (TPSA) is 45.4 Å². The van der Waals surface area contributed by atoms with Gasteiger partial charge in [0.1, 0.15) is 0 Å². The van der Waals surface area contributed by atoms with E-state index in [4.69, 9.17) is 0 Å². The third kappa shape index (κ3) is 1.35. The normalized spacial score (nSPS) is 18.9. The first kappa shape index (κ1) is 9.90. The molecule has 1 atom stereocenters. The highest BCUT2D eigenvalue weighted by Crippen LogP contribution is 2.41. The van der Waals surface area contributed by atoms with E-state index >= 15 is 0 Å². The van der Waals surface area contributed by atoms with Crippen LogP contribution in [0.3, 0.4) is 0 Å². The van der Waals surface area contributed by atoms with Crippen LogP contribution < -0.4 is 0 Å². The van der Waals surface area contributed by atoms with Crippen LogP contribution >= 0.6 is 0 Å². The maximum absolute atomic E-state index is 9.98. The van der Waals surface area contributed by atoms with E-state index in [1.165, 1.54) is 4.57 Å². The molecule has 15 heavy (non-hydrogen) atoms. The maximum atomic E-state index is 9.98. The average molecular weight is 205 g/mol. The van der Waals surface area contributed by atoms with E-state index in [1.54, 1.807) is 6.08 Å². The molecule has 0 spiro atoms. The van der Waals surface area contributed by atoms with Gasteiger partial charge in [0.25, 0.3) is 0 Å². The minimum Gasteiger partial charge on any atom is -0.494 e. The van der Waals surface area contributed by atoms with Crippen molar-refractivity contribution in [3.63, 3.8) is 0 Å². The van der Waals surface area contributed by atoms with Crippen LogP contribution in [-0.4, -0.2) is 14.8 Å². The van der Waals surface area contributed by atoms with Gasteiger partial charge in [-0.1, -0.05) is 25.2 Å². The molecule has 0 saturated carbocycles. The summed E-state index contributed by atoms with van der Waals surface area (Å²) in [5, 5.41) is 19.9. The lowest BCUT2D eigenvalue weighted by atomic mass is 9.92. The molecule has 0 aliphatic heterocycles. The summed E-state index contributed by atoms with van der Waals surface area (Å²) in [6.07, 6.45) is 6.40. The molecule has 0 saturated heterocycles. The summed E-state index contributed by atoms with van der Waals surface area (Å²) in [7, 11) is 0. The summed E-state index contributed by atoms with van der Waals surface area (Å²) in [4.78, 5) is 0. The maximum Gasteiger partial charge on any atom is 0.198 e. The van der Waals surface area contributed by atoms with Crippen LogP contribution in [0.4, 0.5) is 0 Å². The third-order valence-electron chi connectivity index (χ3n) is 2.86. The molecule has 3 heteroatoms. The largest absolute Gasteiger partial charge is 0.494 e. The highest BCUT2D eigenvalue weighted by molar-refractivity contribution is 5.51. The molecule has 1 aliphatic rings. The molecule has 1 aromatic rings. The number of hydrogen-bond acceptors (Lipinski definition) is 2. The highest BCUT2D eigenvalue weighted by Gasteiger charge is 2.25. The van der Waals surface area contributed by atoms with Crippen LogP contribution in [0.2, 0.25) is 0 Å². The second-order valence-electron chi connectivity index (χ2n) is 3.86. The van der Waals surface area contributed by atoms with E-state index in [2.05, 4.69) is 6.58 Å². The predicted molar refractivity (Wildman–Crippen MR) is 59.2 cm³/mol. The number of rotatable bonds is 2. The summed E-state index contributed by atoms with van der Waals surface area (Å²) in [6.45, 7) is 6.04. The zero-order chi connectivity index (χ0) is 11.0. The molecule has 2 N–H and O–H groups in total. The van der Waals surface area contributed by atoms with Gasteiger partial charge in [-0.2, -0.15) is 0 Å². The minimum absolute atomic E-state index is 0.158. The van der Waals surface area contributed by atoms with Crippen molar-refractivity contribution in [2.24, 2.45) is 0 Å². The van der Waals surface area contributed by atoms with Gasteiger partial charge in [-0.15, -0.1) is 6.58 Å². The van der Waals surface area contributed by atoms with E-state index in [0.29, 0.717) is 13.0 Å². The number of aromatic nitrogens is 1. The van der Waals surface area contributed by atoms with Crippen molar-refractivity contribution >= 4 is 0 Å². The minimum atomic E-state index is 0.158. The molecule has 0 radical (unpaired) electrons. The molecular formula is C12H15NO2. The van der Waals surface area contributed by atoms with Crippen molar-refractivity contribution in [3.05, 3.63) is 35.9 Å². The van der Waals surface area contributed by atoms with Gasteiger partial charge < -0.3 is 10.2 Å². The van der Waals surface area contributed by atoms with Gasteiger partial charge in [-0.25, -0.2) is 0 Å². The molecule has 1 aromatic heterocycles. The Hall–Kier alpha value is -1.64. The first-order valence-corrected chi connectivity index (χ1v) is 5.07. The molecule has 0 amide bonds. The van der Waals surface area contributed by atoms with Gasteiger partial charge in [-0.3, -0.25) is 4.57 Å². The van der Waals surface area contributed by atoms with Crippen LogP contribution in [0.5, 0.6) is 11.8 Å².